The molecule has 0 aliphatic heterocycles. The largest absolute Gasteiger partial charge is 0.289 e. The molecule has 0 saturated carbocycles. The van der Waals surface area contributed by atoms with E-state index in [2.05, 4.69) is 26.0 Å². The maximum absolute atomic E-state index is 12.6. The Morgan fingerprint density at radius 3 is 1.86 bits per heavy atom. The molecule has 0 unspecified atom stereocenters. The van der Waals surface area contributed by atoms with Crippen molar-refractivity contribution < 1.29 is 0 Å². The minimum atomic E-state index is 0.146. The summed E-state index contributed by atoms with van der Waals surface area (Å²) in [5.74, 6) is 0. The van der Waals surface area contributed by atoms with Gasteiger partial charge in [-0.2, -0.15) is 0 Å². The van der Waals surface area contributed by atoms with Crippen LogP contribution in [0.3, 0.4) is 0 Å². The summed E-state index contributed by atoms with van der Waals surface area (Å²) < 4.78 is 4.36. The van der Waals surface area contributed by atoms with Crippen LogP contribution in [0.15, 0.2) is 88.5 Å². The Hall–Kier alpha value is -3.34. The van der Waals surface area contributed by atoms with E-state index >= 15 is 0 Å². The van der Waals surface area contributed by atoms with Gasteiger partial charge >= 0.3 is 0 Å². The molecule has 6 aromatic rings. The summed E-state index contributed by atoms with van der Waals surface area (Å²) >= 11 is 3.41. The van der Waals surface area contributed by atoms with E-state index in [4.69, 9.17) is 0 Å². The molecular weight excluding hydrogens is 468 g/mol. The molecule has 2 nitrogen and oxygen atoms in total. The van der Waals surface area contributed by atoms with Gasteiger partial charge in [0.1, 0.15) is 0 Å². The predicted octanol–water partition coefficient (Wildman–Crippen LogP) is 8.26. The SMILES string of the molecule is CCc1cc(CC)c2sc3ccccc3c(=O)c2c1.Cc1ccc2sc3ccccc3c(=O)c2c1. The van der Waals surface area contributed by atoms with E-state index in [0.29, 0.717) is 0 Å². The normalized spacial score (nSPS) is 11.2. The number of fused-ring (bicyclic) bond motifs is 4. The van der Waals surface area contributed by atoms with Crippen molar-refractivity contribution in [3.05, 3.63) is 116 Å². The Bertz CT molecular complexity index is 1830. The van der Waals surface area contributed by atoms with Gasteiger partial charge in [0, 0.05) is 40.3 Å². The zero-order chi connectivity index (χ0) is 24.5. The van der Waals surface area contributed by atoms with E-state index in [1.165, 1.54) is 11.1 Å². The smallest absolute Gasteiger partial charge is 0.195 e. The topological polar surface area (TPSA) is 34.1 Å². The van der Waals surface area contributed by atoms with E-state index in [9.17, 15) is 9.59 Å². The highest BCUT2D eigenvalue weighted by atomic mass is 32.1. The molecule has 0 bridgehead atoms. The molecule has 4 aromatic carbocycles. The van der Waals surface area contributed by atoms with E-state index < -0.39 is 0 Å². The summed E-state index contributed by atoms with van der Waals surface area (Å²) in [6.07, 6.45) is 1.94. The maximum atomic E-state index is 12.6. The Kier molecular flexibility index (Phi) is 6.50. The van der Waals surface area contributed by atoms with Crippen molar-refractivity contribution in [1.29, 1.82) is 0 Å². The van der Waals surface area contributed by atoms with Crippen LogP contribution in [0.4, 0.5) is 0 Å². The summed E-state index contributed by atoms with van der Waals surface area (Å²) in [5.41, 5.74) is 4.00. The van der Waals surface area contributed by atoms with E-state index in [0.717, 1.165) is 58.7 Å². The number of rotatable bonds is 2. The lowest BCUT2D eigenvalue weighted by molar-refractivity contribution is 1.10. The van der Waals surface area contributed by atoms with Crippen LogP contribution in [-0.4, -0.2) is 0 Å². The molecule has 2 heterocycles. The van der Waals surface area contributed by atoms with Gasteiger partial charge in [-0.3, -0.25) is 9.59 Å². The van der Waals surface area contributed by atoms with Crippen LogP contribution in [0.1, 0.15) is 30.5 Å². The van der Waals surface area contributed by atoms with Gasteiger partial charge < -0.3 is 0 Å². The summed E-state index contributed by atoms with van der Waals surface area (Å²) in [4.78, 5) is 24.9. The van der Waals surface area contributed by atoms with Crippen molar-refractivity contribution in [3.63, 3.8) is 0 Å². The monoisotopic (exact) mass is 494 g/mol. The summed E-state index contributed by atoms with van der Waals surface area (Å²) in [6.45, 7) is 6.30. The number of hydrogen-bond donors (Lipinski definition) is 0. The van der Waals surface area contributed by atoms with E-state index in [-0.39, 0.29) is 10.9 Å². The summed E-state index contributed by atoms with van der Waals surface area (Å²) in [7, 11) is 0. The van der Waals surface area contributed by atoms with Crippen LogP contribution in [0, 0.1) is 6.92 Å². The molecule has 0 fully saturated rings. The second-order valence-electron chi connectivity index (χ2n) is 8.69. The van der Waals surface area contributed by atoms with Crippen molar-refractivity contribution in [2.45, 2.75) is 33.6 Å². The highest BCUT2D eigenvalue weighted by Crippen LogP contribution is 2.29. The Labute approximate surface area is 212 Å². The van der Waals surface area contributed by atoms with Gasteiger partial charge in [-0.1, -0.05) is 55.8 Å². The van der Waals surface area contributed by atoms with Crippen LogP contribution < -0.4 is 10.9 Å². The van der Waals surface area contributed by atoms with Crippen molar-refractivity contribution in [3.8, 4) is 0 Å². The van der Waals surface area contributed by atoms with Gasteiger partial charge in [0.2, 0.25) is 0 Å². The lowest BCUT2D eigenvalue weighted by Gasteiger charge is -2.08. The number of aryl methyl sites for hydroxylation is 3. The first kappa shape index (κ1) is 23.4. The third-order valence-electron chi connectivity index (χ3n) is 6.33. The second-order valence-corrected chi connectivity index (χ2v) is 10.8. The first-order chi connectivity index (χ1) is 17.0. The Morgan fingerprint density at radius 1 is 0.600 bits per heavy atom. The van der Waals surface area contributed by atoms with Crippen LogP contribution in [0.2, 0.25) is 0 Å². The van der Waals surface area contributed by atoms with Crippen molar-refractivity contribution >= 4 is 63.0 Å². The standard InChI is InChI=1S/C17H16OS.C14H10OS/c1-3-11-9-12(4-2)17-14(10-11)16(18)13-7-5-6-8-15(13)19-17;1-9-6-7-13-11(8-9)14(15)10-4-2-3-5-12(10)16-13/h5-10H,3-4H2,1-2H3;2-8H,1H3. The summed E-state index contributed by atoms with van der Waals surface area (Å²) in [6, 6.07) is 26.0. The molecule has 0 spiro atoms. The van der Waals surface area contributed by atoms with Crippen molar-refractivity contribution in [2.75, 3.05) is 0 Å². The van der Waals surface area contributed by atoms with Gasteiger partial charge in [0.15, 0.2) is 10.9 Å². The molecule has 0 atom stereocenters. The highest BCUT2D eigenvalue weighted by Gasteiger charge is 2.10. The molecular formula is C31H26O2S2. The minimum Gasteiger partial charge on any atom is -0.289 e. The first-order valence-corrected chi connectivity index (χ1v) is 13.5. The quantitative estimate of drug-likeness (QED) is 0.227. The number of hydrogen-bond acceptors (Lipinski definition) is 4. The fourth-order valence-corrected chi connectivity index (χ4v) is 6.71. The van der Waals surface area contributed by atoms with Crippen molar-refractivity contribution in [2.24, 2.45) is 0 Å². The Morgan fingerprint density at radius 2 is 1.20 bits per heavy atom. The van der Waals surface area contributed by atoms with E-state index in [1.54, 1.807) is 22.7 Å². The fraction of sp³-hybridized carbons (Fsp3) is 0.161. The summed E-state index contributed by atoms with van der Waals surface area (Å²) in [5, 5.41) is 3.39. The van der Waals surface area contributed by atoms with Crippen LogP contribution in [0.25, 0.3) is 40.3 Å². The molecule has 174 valence electrons. The molecule has 0 radical (unpaired) electrons. The average Bonchev–Trinajstić information content (AvgIpc) is 2.89. The third-order valence-corrected chi connectivity index (χ3v) is 8.75. The average molecular weight is 495 g/mol. The van der Waals surface area contributed by atoms with Gasteiger partial charge in [-0.05, 0) is 73.4 Å². The maximum Gasteiger partial charge on any atom is 0.195 e. The lowest BCUT2D eigenvalue weighted by atomic mass is 10.0. The Balaban J connectivity index is 0.000000147. The zero-order valence-corrected chi connectivity index (χ0v) is 21.7. The van der Waals surface area contributed by atoms with Crippen LogP contribution >= 0.6 is 22.7 Å². The molecule has 4 heteroatoms. The third kappa shape index (κ3) is 4.40. The molecule has 0 saturated heterocycles. The predicted molar refractivity (Wildman–Crippen MR) is 155 cm³/mol. The second kappa shape index (κ2) is 9.73. The molecule has 0 aliphatic rings. The van der Waals surface area contributed by atoms with Gasteiger partial charge in [0.05, 0.1) is 0 Å². The first-order valence-electron chi connectivity index (χ1n) is 11.9. The highest BCUT2D eigenvalue weighted by molar-refractivity contribution is 7.25. The van der Waals surface area contributed by atoms with Gasteiger partial charge in [-0.15, -0.1) is 22.7 Å². The van der Waals surface area contributed by atoms with Gasteiger partial charge in [0.25, 0.3) is 0 Å². The fourth-order valence-electron chi connectivity index (χ4n) is 4.43. The molecule has 35 heavy (non-hydrogen) atoms. The lowest BCUT2D eigenvalue weighted by Crippen LogP contribution is -2.03. The van der Waals surface area contributed by atoms with E-state index in [1.807, 2.05) is 73.7 Å². The van der Waals surface area contributed by atoms with Crippen LogP contribution in [0.5, 0.6) is 0 Å². The molecule has 0 N–H and O–H groups in total. The van der Waals surface area contributed by atoms with Gasteiger partial charge in [-0.25, -0.2) is 0 Å². The van der Waals surface area contributed by atoms with Crippen LogP contribution in [-0.2, 0) is 12.8 Å². The zero-order valence-electron chi connectivity index (χ0n) is 20.1. The minimum absolute atomic E-state index is 0.146. The molecule has 0 amide bonds. The molecule has 2 aromatic heterocycles. The molecule has 6 rings (SSSR count). The number of benzene rings is 4. The molecule has 0 aliphatic carbocycles. The van der Waals surface area contributed by atoms with Crippen molar-refractivity contribution in [1.82, 2.24) is 0 Å².